The highest BCUT2D eigenvalue weighted by Crippen LogP contribution is 2.42. The van der Waals surface area contributed by atoms with Gasteiger partial charge in [-0.25, -0.2) is 9.97 Å². The molecule has 1 saturated carbocycles. The predicted octanol–water partition coefficient (Wildman–Crippen LogP) is 2.91. The van der Waals surface area contributed by atoms with Gasteiger partial charge in [0.15, 0.2) is 0 Å². The molecule has 0 saturated heterocycles. The molecule has 0 amide bonds. The van der Waals surface area contributed by atoms with E-state index in [9.17, 15) is 0 Å². The Balaban J connectivity index is 1.86. The summed E-state index contributed by atoms with van der Waals surface area (Å²) in [7, 11) is 0. The Kier molecular flexibility index (Phi) is 3.22. The van der Waals surface area contributed by atoms with Crippen molar-refractivity contribution in [3.05, 3.63) is 24.5 Å². The second kappa shape index (κ2) is 4.89. The summed E-state index contributed by atoms with van der Waals surface area (Å²) in [6.07, 6.45) is 7.70. The van der Waals surface area contributed by atoms with Gasteiger partial charge in [0.25, 0.3) is 0 Å². The summed E-state index contributed by atoms with van der Waals surface area (Å²) in [5.74, 6) is 0.887. The average Bonchev–Trinajstić information content (AvgIpc) is 2.38. The first-order chi connectivity index (χ1) is 9.22. The monoisotopic (exact) mass is 274 g/mol. The number of benzene rings is 1. The zero-order valence-corrected chi connectivity index (χ0v) is 11.8. The number of nitrogen functional groups attached to an aromatic ring is 1. The van der Waals surface area contributed by atoms with E-state index in [2.05, 4.69) is 21.5 Å². The Morgan fingerprint density at radius 3 is 2.89 bits per heavy atom. The lowest BCUT2D eigenvalue weighted by Crippen LogP contribution is -2.40. The highest BCUT2D eigenvalue weighted by molar-refractivity contribution is 8.00. The predicted molar refractivity (Wildman–Crippen MR) is 82.5 cm³/mol. The molecule has 0 radical (unpaired) electrons. The fraction of sp³-hybridized carbons (Fsp3) is 0.429. The zero-order chi connectivity index (χ0) is 13.3. The third-order valence-electron chi connectivity index (χ3n) is 3.94. The summed E-state index contributed by atoms with van der Waals surface area (Å²) in [5, 5.41) is 4.48. The lowest BCUT2D eigenvalue weighted by atomic mass is 9.84. The quantitative estimate of drug-likeness (QED) is 0.839. The lowest BCUT2D eigenvalue weighted by Gasteiger charge is -2.40. The van der Waals surface area contributed by atoms with E-state index >= 15 is 0 Å². The molecule has 1 aliphatic rings. The van der Waals surface area contributed by atoms with Crippen LogP contribution in [0.25, 0.3) is 10.9 Å². The van der Waals surface area contributed by atoms with Crippen molar-refractivity contribution in [3.8, 4) is 0 Å². The summed E-state index contributed by atoms with van der Waals surface area (Å²) < 4.78 is 0.387. The van der Waals surface area contributed by atoms with Gasteiger partial charge < -0.3 is 11.1 Å². The average molecular weight is 274 g/mol. The molecule has 1 aromatic carbocycles. The summed E-state index contributed by atoms with van der Waals surface area (Å²) in [4.78, 5) is 8.63. The van der Waals surface area contributed by atoms with E-state index in [0.717, 1.165) is 29.0 Å². The molecular weight excluding hydrogens is 256 g/mol. The molecule has 1 fully saturated rings. The third-order valence-corrected chi connectivity index (χ3v) is 5.35. The Morgan fingerprint density at radius 1 is 1.37 bits per heavy atom. The molecule has 19 heavy (non-hydrogen) atoms. The summed E-state index contributed by atoms with van der Waals surface area (Å²) in [5.41, 5.74) is 7.52. The number of hydrogen-bond donors (Lipinski definition) is 2. The van der Waals surface area contributed by atoms with Crippen LogP contribution in [0.2, 0.25) is 0 Å². The Bertz CT molecular complexity index is 590. The number of rotatable bonds is 4. The van der Waals surface area contributed by atoms with Crippen LogP contribution in [0, 0.1) is 0 Å². The van der Waals surface area contributed by atoms with E-state index in [1.165, 1.54) is 19.3 Å². The van der Waals surface area contributed by atoms with Gasteiger partial charge >= 0.3 is 0 Å². The van der Waals surface area contributed by atoms with Crippen molar-refractivity contribution in [2.24, 2.45) is 0 Å². The van der Waals surface area contributed by atoms with Gasteiger partial charge in [-0.3, -0.25) is 0 Å². The van der Waals surface area contributed by atoms with Crippen LogP contribution < -0.4 is 11.1 Å². The summed E-state index contributed by atoms with van der Waals surface area (Å²) >= 11 is 1.96. The number of nitrogens with zero attached hydrogens (tertiary/aromatic N) is 2. The first kappa shape index (κ1) is 12.5. The van der Waals surface area contributed by atoms with Gasteiger partial charge in [-0.1, -0.05) is 6.42 Å². The first-order valence-corrected chi connectivity index (χ1v) is 7.74. The molecule has 0 aliphatic heterocycles. The van der Waals surface area contributed by atoms with E-state index in [1.807, 2.05) is 30.0 Å². The summed E-state index contributed by atoms with van der Waals surface area (Å²) in [6.45, 7) is 0.953. The molecule has 0 spiro atoms. The smallest absolute Gasteiger partial charge is 0.137 e. The second-order valence-electron chi connectivity index (χ2n) is 5.09. The molecule has 0 unspecified atom stereocenters. The SMILES string of the molecule is CSC1(CNc2ncnc3ccc(N)cc23)CCC1. The molecule has 1 heterocycles. The van der Waals surface area contributed by atoms with E-state index in [4.69, 9.17) is 5.73 Å². The highest BCUT2D eigenvalue weighted by Gasteiger charge is 2.35. The van der Waals surface area contributed by atoms with Crippen LogP contribution in [0.15, 0.2) is 24.5 Å². The minimum Gasteiger partial charge on any atom is -0.399 e. The van der Waals surface area contributed by atoms with Crippen molar-refractivity contribution in [1.82, 2.24) is 9.97 Å². The van der Waals surface area contributed by atoms with E-state index < -0.39 is 0 Å². The molecular formula is C14H18N4S. The van der Waals surface area contributed by atoms with Gasteiger partial charge in [0, 0.05) is 22.4 Å². The normalized spacial score (nSPS) is 17.1. The van der Waals surface area contributed by atoms with Crippen molar-refractivity contribution in [2.45, 2.75) is 24.0 Å². The van der Waals surface area contributed by atoms with Crippen molar-refractivity contribution < 1.29 is 0 Å². The number of hydrogen-bond acceptors (Lipinski definition) is 5. The van der Waals surface area contributed by atoms with E-state index in [0.29, 0.717) is 4.75 Å². The maximum absolute atomic E-state index is 5.85. The number of thioether (sulfide) groups is 1. The van der Waals surface area contributed by atoms with E-state index in [1.54, 1.807) is 6.33 Å². The van der Waals surface area contributed by atoms with Crippen LogP contribution in [0.3, 0.4) is 0 Å². The van der Waals surface area contributed by atoms with E-state index in [-0.39, 0.29) is 0 Å². The molecule has 0 atom stereocenters. The minimum absolute atomic E-state index is 0.387. The molecule has 3 N–H and O–H groups in total. The van der Waals surface area contributed by atoms with Gasteiger partial charge in [-0.2, -0.15) is 11.8 Å². The van der Waals surface area contributed by atoms with Gasteiger partial charge in [-0.05, 0) is 37.3 Å². The van der Waals surface area contributed by atoms with Crippen LogP contribution in [0.5, 0.6) is 0 Å². The van der Waals surface area contributed by atoms with Gasteiger partial charge in [0.2, 0.25) is 0 Å². The van der Waals surface area contributed by atoms with Crippen LogP contribution >= 0.6 is 11.8 Å². The largest absolute Gasteiger partial charge is 0.399 e. The Morgan fingerprint density at radius 2 is 2.21 bits per heavy atom. The van der Waals surface area contributed by atoms with Gasteiger partial charge in [-0.15, -0.1) is 0 Å². The fourth-order valence-corrected chi connectivity index (χ4v) is 3.40. The molecule has 2 aromatic rings. The number of fused-ring (bicyclic) bond motifs is 1. The lowest BCUT2D eigenvalue weighted by molar-refractivity contribution is 0.379. The maximum Gasteiger partial charge on any atom is 0.137 e. The molecule has 1 aromatic heterocycles. The molecule has 4 nitrogen and oxygen atoms in total. The van der Waals surface area contributed by atoms with Crippen LogP contribution in [-0.2, 0) is 0 Å². The van der Waals surface area contributed by atoms with Crippen molar-refractivity contribution in [1.29, 1.82) is 0 Å². The standard InChI is InChI=1S/C14H18N4S/c1-19-14(5-2-6-14)8-16-13-11-7-10(15)3-4-12(11)17-9-18-13/h3-4,7,9H,2,5-6,8,15H2,1H3,(H,16,17,18). The van der Waals surface area contributed by atoms with Crippen molar-refractivity contribution in [2.75, 3.05) is 23.9 Å². The second-order valence-corrected chi connectivity index (χ2v) is 6.37. The van der Waals surface area contributed by atoms with Crippen molar-refractivity contribution in [3.63, 3.8) is 0 Å². The third kappa shape index (κ3) is 2.34. The molecule has 100 valence electrons. The molecule has 5 heteroatoms. The highest BCUT2D eigenvalue weighted by atomic mass is 32.2. The zero-order valence-electron chi connectivity index (χ0n) is 11.0. The van der Waals surface area contributed by atoms with Crippen LogP contribution in [0.1, 0.15) is 19.3 Å². The maximum atomic E-state index is 5.85. The topological polar surface area (TPSA) is 63.8 Å². The van der Waals surface area contributed by atoms with Gasteiger partial charge in [0.1, 0.15) is 12.1 Å². The molecule has 1 aliphatic carbocycles. The van der Waals surface area contributed by atoms with Crippen LogP contribution in [0.4, 0.5) is 11.5 Å². The number of nitrogens with two attached hydrogens (primary N) is 1. The summed E-state index contributed by atoms with van der Waals surface area (Å²) in [6, 6.07) is 5.74. The molecule has 0 bridgehead atoms. The Labute approximate surface area is 117 Å². The molecule has 3 rings (SSSR count). The minimum atomic E-state index is 0.387. The first-order valence-electron chi connectivity index (χ1n) is 6.52. The fourth-order valence-electron chi connectivity index (χ4n) is 2.48. The van der Waals surface area contributed by atoms with Crippen LogP contribution in [-0.4, -0.2) is 27.5 Å². The van der Waals surface area contributed by atoms with Crippen molar-refractivity contribution >= 4 is 34.2 Å². The number of aromatic nitrogens is 2. The number of anilines is 2. The van der Waals surface area contributed by atoms with Gasteiger partial charge in [0.05, 0.1) is 5.52 Å². The Hall–Kier alpha value is -1.49. The number of nitrogens with one attached hydrogen (secondary N) is 1.